The van der Waals surface area contributed by atoms with Gasteiger partial charge in [-0.2, -0.15) is 0 Å². The highest BCUT2D eigenvalue weighted by atomic mass is 35.5. The summed E-state index contributed by atoms with van der Waals surface area (Å²) < 4.78 is 15.0. The molecule has 0 fully saturated rings. The van der Waals surface area contributed by atoms with Crippen LogP contribution in [0.2, 0.25) is 5.02 Å². The molecule has 0 aliphatic carbocycles. The molecule has 0 aliphatic rings. The molecule has 11 heteroatoms. The summed E-state index contributed by atoms with van der Waals surface area (Å²) in [4.78, 5) is 27.5. The van der Waals surface area contributed by atoms with Crippen LogP contribution in [0, 0.1) is 15.9 Å². The first-order valence-corrected chi connectivity index (χ1v) is 9.27. The smallest absolute Gasteiger partial charge is 0.269 e. The molecule has 0 radical (unpaired) electrons. The Morgan fingerprint density at radius 1 is 1.31 bits per heavy atom. The number of thiazole rings is 1. The average Bonchev–Trinajstić information content (AvgIpc) is 2.98. The van der Waals surface area contributed by atoms with Crippen molar-refractivity contribution in [3.8, 4) is 0 Å². The normalized spacial score (nSPS) is 11.1. The van der Waals surface area contributed by atoms with Crippen LogP contribution < -0.4 is 10.1 Å². The van der Waals surface area contributed by atoms with Gasteiger partial charge in [-0.25, -0.2) is 9.38 Å². The average molecular weight is 457 g/mol. The van der Waals surface area contributed by atoms with Gasteiger partial charge in [0.15, 0.2) is 4.80 Å². The molecule has 7 nitrogen and oxygen atoms in total. The van der Waals surface area contributed by atoms with E-state index in [9.17, 15) is 19.3 Å². The van der Waals surface area contributed by atoms with Gasteiger partial charge < -0.3 is 9.88 Å². The monoisotopic (exact) mass is 456 g/mol. The van der Waals surface area contributed by atoms with E-state index in [1.807, 2.05) is 0 Å². The number of nitrogens with one attached hydrogen (secondary N) is 1. The third-order valence-corrected chi connectivity index (χ3v) is 5.11. The summed E-state index contributed by atoms with van der Waals surface area (Å²) >= 11 is 7.11. The van der Waals surface area contributed by atoms with Gasteiger partial charge in [-0.1, -0.05) is 11.6 Å². The predicted octanol–water partition coefficient (Wildman–Crippen LogP) is 4.62. The number of carbonyl (C=O) groups is 1. The molecule has 0 saturated heterocycles. The molecule has 0 saturated carbocycles. The number of anilines is 1. The van der Waals surface area contributed by atoms with Gasteiger partial charge in [-0.05, 0) is 30.3 Å². The molecule has 0 atom stereocenters. The number of hydrogen-bond acceptors (Lipinski definition) is 5. The molecule has 1 aromatic heterocycles. The first-order valence-electron chi connectivity index (χ1n) is 8.01. The standard InChI is InChI=1S/C18H14ClFN4O3S.ClH/c1-23-14(9-17(25)21-11-2-5-13(6-3-11)24(26)27)10-28-18(23)22-12-4-7-16(20)15(19)8-12;/h2-8,10H,9H2,1H3,(H,21,25);1H. The summed E-state index contributed by atoms with van der Waals surface area (Å²) in [5.41, 5.74) is 1.66. The number of nitro benzene ring substituents is 1. The zero-order valence-electron chi connectivity index (χ0n) is 15.0. The van der Waals surface area contributed by atoms with E-state index in [1.54, 1.807) is 17.0 Å². The number of non-ortho nitro benzene ring substituents is 1. The third-order valence-electron chi connectivity index (χ3n) is 3.85. The van der Waals surface area contributed by atoms with E-state index in [0.717, 1.165) is 5.69 Å². The maximum atomic E-state index is 13.3. The van der Waals surface area contributed by atoms with Crippen molar-refractivity contribution >= 4 is 58.3 Å². The van der Waals surface area contributed by atoms with E-state index in [-0.39, 0.29) is 35.4 Å². The topological polar surface area (TPSA) is 89.5 Å². The lowest BCUT2D eigenvalue weighted by molar-refractivity contribution is -0.384. The summed E-state index contributed by atoms with van der Waals surface area (Å²) in [5.74, 6) is -0.779. The highest BCUT2D eigenvalue weighted by Crippen LogP contribution is 2.21. The molecular weight excluding hydrogens is 442 g/mol. The molecule has 29 heavy (non-hydrogen) atoms. The number of carbonyl (C=O) groups excluding carboxylic acids is 1. The van der Waals surface area contributed by atoms with Crippen molar-refractivity contribution in [2.24, 2.45) is 12.0 Å². The Morgan fingerprint density at radius 3 is 2.62 bits per heavy atom. The van der Waals surface area contributed by atoms with Crippen LogP contribution in [0.5, 0.6) is 0 Å². The third kappa shape index (κ3) is 5.63. The van der Waals surface area contributed by atoms with Gasteiger partial charge >= 0.3 is 0 Å². The van der Waals surface area contributed by atoms with Gasteiger partial charge in [0.25, 0.3) is 5.69 Å². The SMILES string of the molecule is Cl.Cn1c(CC(=O)Nc2ccc([N+](=O)[O-])cc2)csc1=Nc1ccc(F)c(Cl)c1. The Bertz CT molecular complexity index is 1110. The fourth-order valence-corrected chi connectivity index (χ4v) is 3.46. The van der Waals surface area contributed by atoms with Crippen LogP contribution in [0.25, 0.3) is 0 Å². The van der Waals surface area contributed by atoms with Crippen LogP contribution in [0.3, 0.4) is 0 Å². The van der Waals surface area contributed by atoms with Crippen molar-refractivity contribution in [2.45, 2.75) is 6.42 Å². The highest BCUT2D eigenvalue weighted by Gasteiger charge is 2.10. The highest BCUT2D eigenvalue weighted by molar-refractivity contribution is 7.07. The van der Waals surface area contributed by atoms with Crippen LogP contribution in [-0.2, 0) is 18.3 Å². The molecule has 0 bridgehead atoms. The van der Waals surface area contributed by atoms with Crippen LogP contribution in [0.1, 0.15) is 5.69 Å². The quantitative estimate of drug-likeness (QED) is 0.448. The number of rotatable bonds is 5. The van der Waals surface area contributed by atoms with E-state index < -0.39 is 10.7 Å². The Kier molecular flexibility index (Phi) is 7.49. The predicted molar refractivity (Wildman–Crippen MR) is 113 cm³/mol. The number of benzene rings is 2. The zero-order chi connectivity index (χ0) is 20.3. The summed E-state index contributed by atoms with van der Waals surface area (Å²) in [5, 5.41) is 15.2. The fourth-order valence-electron chi connectivity index (χ4n) is 2.36. The zero-order valence-corrected chi connectivity index (χ0v) is 17.4. The van der Waals surface area contributed by atoms with Crippen molar-refractivity contribution in [3.63, 3.8) is 0 Å². The number of halogens is 3. The molecule has 152 valence electrons. The van der Waals surface area contributed by atoms with Crippen LogP contribution in [0.4, 0.5) is 21.5 Å². The van der Waals surface area contributed by atoms with E-state index >= 15 is 0 Å². The number of nitrogens with zero attached hydrogens (tertiary/aromatic N) is 3. The maximum Gasteiger partial charge on any atom is 0.269 e. The van der Waals surface area contributed by atoms with Crippen molar-refractivity contribution in [3.05, 3.63) is 79.3 Å². The van der Waals surface area contributed by atoms with E-state index in [1.165, 1.54) is 53.8 Å². The second-order valence-corrected chi connectivity index (χ2v) is 7.05. The molecule has 0 spiro atoms. The second-order valence-electron chi connectivity index (χ2n) is 5.81. The molecule has 2 aromatic carbocycles. The minimum atomic E-state index is -0.514. The molecule has 0 unspecified atom stereocenters. The summed E-state index contributed by atoms with van der Waals surface area (Å²) in [6, 6.07) is 9.79. The van der Waals surface area contributed by atoms with Gasteiger partial charge in [0.2, 0.25) is 5.91 Å². The Balaban J connectivity index is 0.00000300. The number of amides is 1. The lowest BCUT2D eigenvalue weighted by atomic mass is 10.2. The number of aromatic nitrogens is 1. The molecule has 3 aromatic rings. The Morgan fingerprint density at radius 2 is 2.00 bits per heavy atom. The lowest BCUT2D eigenvalue weighted by Crippen LogP contribution is -2.19. The van der Waals surface area contributed by atoms with Crippen LogP contribution >= 0.6 is 35.3 Å². The van der Waals surface area contributed by atoms with Gasteiger partial charge in [-0.3, -0.25) is 14.9 Å². The maximum absolute atomic E-state index is 13.3. The molecule has 3 rings (SSSR count). The number of nitro groups is 1. The number of hydrogen-bond donors (Lipinski definition) is 1. The Labute approximate surface area is 180 Å². The van der Waals surface area contributed by atoms with Crippen LogP contribution in [-0.4, -0.2) is 15.4 Å². The van der Waals surface area contributed by atoms with E-state index in [4.69, 9.17) is 11.6 Å². The van der Waals surface area contributed by atoms with Gasteiger partial charge in [-0.15, -0.1) is 23.7 Å². The Hall–Kier alpha value is -2.75. The minimum Gasteiger partial charge on any atom is -0.326 e. The van der Waals surface area contributed by atoms with Crippen molar-refractivity contribution in [1.82, 2.24) is 4.57 Å². The molecule has 1 amide bonds. The molecular formula is C18H15Cl2FN4O3S. The van der Waals surface area contributed by atoms with Crippen molar-refractivity contribution in [1.29, 1.82) is 0 Å². The summed E-state index contributed by atoms with van der Waals surface area (Å²) in [6.07, 6.45) is 0.101. The lowest BCUT2D eigenvalue weighted by Gasteiger charge is -2.06. The first-order chi connectivity index (χ1) is 13.3. The fraction of sp³-hybridized carbons (Fsp3) is 0.111. The first kappa shape index (κ1) is 22.5. The molecule has 1 N–H and O–H groups in total. The van der Waals surface area contributed by atoms with Gasteiger partial charge in [0.1, 0.15) is 5.82 Å². The second kappa shape index (κ2) is 9.64. The minimum absolute atomic E-state index is 0. The summed E-state index contributed by atoms with van der Waals surface area (Å²) in [7, 11) is 1.77. The molecule has 0 aliphatic heterocycles. The van der Waals surface area contributed by atoms with Gasteiger partial charge in [0, 0.05) is 35.9 Å². The molecule has 1 heterocycles. The van der Waals surface area contributed by atoms with Crippen molar-refractivity contribution in [2.75, 3.05) is 5.32 Å². The van der Waals surface area contributed by atoms with Gasteiger partial charge in [0.05, 0.1) is 22.1 Å². The largest absolute Gasteiger partial charge is 0.326 e. The van der Waals surface area contributed by atoms with Crippen LogP contribution in [0.15, 0.2) is 52.8 Å². The summed E-state index contributed by atoms with van der Waals surface area (Å²) in [6.45, 7) is 0. The van der Waals surface area contributed by atoms with E-state index in [2.05, 4.69) is 10.3 Å². The van der Waals surface area contributed by atoms with Crippen molar-refractivity contribution < 1.29 is 14.1 Å². The van der Waals surface area contributed by atoms with E-state index in [0.29, 0.717) is 16.2 Å².